The molecule has 2 N–H and O–H groups in total. The Labute approximate surface area is 208 Å². The predicted octanol–water partition coefficient (Wildman–Crippen LogP) is 5.49. The van der Waals surface area contributed by atoms with Gasteiger partial charge in [-0.2, -0.15) is 0 Å². The van der Waals surface area contributed by atoms with Crippen LogP contribution in [0, 0.1) is 0 Å². The summed E-state index contributed by atoms with van der Waals surface area (Å²) >= 11 is 1.06. The number of aliphatic hydroxyl groups is 2. The van der Waals surface area contributed by atoms with Gasteiger partial charge in [-0.15, -0.1) is 0 Å². The molecule has 169 valence electrons. The first kappa shape index (κ1) is 25.2. The van der Waals surface area contributed by atoms with Crippen molar-refractivity contribution in [2.75, 3.05) is 0 Å². The Morgan fingerprint density at radius 2 is 0.853 bits per heavy atom. The van der Waals surface area contributed by atoms with E-state index in [1.54, 1.807) is 0 Å². The monoisotopic (exact) mass is 487 g/mol. The van der Waals surface area contributed by atoms with Crippen molar-refractivity contribution < 1.29 is 31.3 Å². The summed E-state index contributed by atoms with van der Waals surface area (Å²) in [4.78, 5) is 9.98. The Morgan fingerprint density at radius 3 is 1.21 bits per heavy atom. The van der Waals surface area contributed by atoms with Crippen LogP contribution in [-0.4, -0.2) is 21.6 Å². The van der Waals surface area contributed by atoms with Crippen molar-refractivity contribution in [1.82, 2.24) is 0 Å². The van der Waals surface area contributed by atoms with Gasteiger partial charge in [0.1, 0.15) is 0 Å². The first-order chi connectivity index (χ1) is 16.8. The number of aliphatic hydroxyl groups excluding tert-OH is 2. The van der Waals surface area contributed by atoms with Crippen LogP contribution < -0.4 is 0 Å². The number of benzene rings is 4. The van der Waals surface area contributed by atoms with E-state index >= 15 is 0 Å². The van der Waals surface area contributed by atoms with Crippen molar-refractivity contribution in [2.24, 2.45) is 9.98 Å². The number of hydrogen-bond acceptors (Lipinski definition) is 5. The third kappa shape index (κ3) is 6.31. The summed E-state index contributed by atoms with van der Waals surface area (Å²) in [6.45, 7) is -0.209. The molecule has 6 heteroatoms. The molecule has 4 rings (SSSR count). The number of aliphatic imine (C=N–C) groups is 2. The van der Waals surface area contributed by atoms with Crippen LogP contribution in [0.4, 0.5) is 11.4 Å². The minimum absolute atomic E-state index is 0.104. The Hall–Kier alpha value is -3.48. The Balaban J connectivity index is 0.00000158. The second kappa shape index (κ2) is 13.3. The topological polar surface area (TPSA) is 82.2 Å². The molecular formula is C28H24N2O3V. The molecule has 4 aromatic carbocycles. The van der Waals surface area contributed by atoms with E-state index in [1.165, 1.54) is 0 Å². The van der Waals surface area contributed by atoms with Crippen LogP contribution in [0.5, 0.6) is 0 Å². The zero-order valence-corrected chi connectivity index (χ0v) is 19.8. The van der Waals surface area contributed by atoms with E-state index in [9.17, 15) is 10.2 Å². The third-order valence-electron chi connectivity index (χ3n) is 5.11. The van der Waals surface area contributed by atoms with Gasteiger partial charge in [0.05, 0.1) is 36.0 Å². The molecule has 0 aliphatic heterocycles. The predicted molar refractivity (Wildman–Crippen MR) is 131 cm³/mol. The van der Waals surface area contributed by atoms with Crippen LogP contribution in [0.2, 0.25) is 0 Å². The van der Waals surface area contributed by atoms with Gasteiger partial charge in [0.15, 0.2) is 0 Å². The summed E-state index contributed by atoms with van der Waals surface area (Å²) in [5, 5.41) is 19.7. The summed E-state index contributed by atoms with van der Waals surface area (Å²) in [5.74, 6) is 0. The molecule has 0 atom stereocenters. The second-order valence-corrected chi connectivity index (χ2v) is 7.23. The zero-order chi connectivity index (χ0) is 24.2. The molecule has 0 saturated heterocycles. The second-order valence-electron chi connectivity index (χ2n) is 7.23. The van der Waals surface area contributed by atoms with Crippen molar-refractivity contribution in [3.63, 3.8) is 0 Å². The summed E-state index contributed by atoms with van der Waals surface area (Å²) in [6.07, 6.45) is 0. The molecule has 0 aromatic heterocycles. The standard InChI is InChI=1S/C28H24N2O2.O.V/c31-19-23-15-7-9-17-25(23)29-27(21-11-3-1-4-12-21)28(22-13-5-2-6-14-22)30-26-18-10-8-16-24(26)20-32;;/h1-18,31-32H,19-20H2;;. The van der Waals surface area contributed by atoms with E-state index in [0.717, 1.165) is 39.6 Å². The van der Waals surface area contributed by atoms with Crippen LogP contribution in [0.1, 0.15) is 22.3 Å². The maximum atomic E-state index is 9.83. The molecule has 34 heavy (non-hydrogen) atoms. The van der Waals surface area contributed by atoms with E-state index in [2.05, 4.69) is 0 Å². The minimum atomic E-state index is -0.104. The molecule has 0 aliphatic carbocycles. The fourth-order valence-electron chi connectivity index (χ4n) is 3.45. The average Bonchev–Trinajstić information content (AvgIpc) is 2.93. The Morgan fingerprint density at radius 1 is 0.529 bits per heavy atom. The van der Waals surface area contributed by atoms with Gasteiger partial charge in [-0.25, -0.2) is 9.98 Å². The van der Waals surface area contributed by atoms with Gasteiger partial charge >= 0.3 is 21.0 Å². The molecule has 4 aromatic rings. The number of hydrogen-bond donors (Lipinski definition) is 2. The molecule has 0 unspecified atom stereocenters. The summed E-state index contributed by atoms with van der Waals surface area (Å²) < 4.78 is 8.19. The Kier molecular flexibility index (Phi) is 9.83. The first-order valence-corrected chi connectivity index (χ1v) is 11.2. The number of nitrogens with zero attached hydrogens (tertiary/aromatic N) is 2. The van der Waals surface area contributed by atoms with Crippen LogP contribution in [0.3, 0.4) is 0 Å². The summed E-state index contributed by atoms with van der Waals surface area (Å²) in [7, 11) is 0. The molecule has 5 nitrogen and oxygen atoms in total. The molecule has 0 spiro atoms. The average molecular weight is 487 g/mol. The fraction of sp³-hybridized carbons (Fsp3) is 0.0714. The van der Waals surface area contributed by atoms with Gasteiger partial charge in [-0.3, -0.25) is 0 Å². The van der Waals surface area contributed by atoms with Gasteiger partial charge in [-0.05, 0) is 12.1 Å². The van der Waals surface area contributed by atoms with E-state index in [1.807, 2.05) is 109 Å². The van der Waals surface area contributed by atoms with Crippen molar-refractivity contribution >= 4 is 22.8 Å². The normalized spacial score (nSPS) is 11.4. The van der Waals surface area contributed by atoms with Gasteiger partial charge in [0, 0.05) is 22.3 Å². The molecule has 0 saturated carbocycles. The van der Waals surface area contributed by atoms with E-state index in [0.29, 0.717) is 22.8 Å². The third-order valence-corrected chi connectivity index (χ3v) is 5.11. The zero-order valence-electron chi connectivity index (χ0n) is 18.5. The van der Waals surface area contributed by atoms with Crippen LogP contribution >= 0.6 is 0 Å². The Bertz CT molecular complexity index is 1160. The van der Waals surface area contributed by atoms with E-state index < -0.39 is 0 Å². The van der Waals surface area contributed by atoms with E-state index in [-0.39, 0.29) is 13.2 Å². The van der Waals surface area contributed by atoms with Crippen molar-refractivity contribution in [3.05, 3.63) is 131 Å². The number of para-hydroxylation sites is 2. The number of rotatable bonds is 7. The fourth-order valence-corrected chi connectivity index (χ4v) is 3.45. The molecule has 0 fully saturated rings. The molecule has 0 radical (unpaired) electrons. The molecule has 0 heterocycles. The van der Waals surface area contributed by atoms with Crippen molar-refractivity contribution in [2.45, 2.75) is 13.2 Å². The van der Waals surface area contributed by atoms with Gasteiger partial charge in [0.25, 0.3) is 0 Å². The van der Waals surface area contributed by atoms with Crippen LogP contribution in [-0.2, 0) is 34.3 Å². The van der Waals surface area contributed by atoms with Crippen molar-refractivity contribution in [1.29, 1.82) is 0 Å². The summed E-state index contributed by atoms with van der Waals surface area (Å²) in [6, 6.07) is 34.9. The SMILES string of the molecule is OCc1ccccc1N=C(C(=Nc1ccccc1CO)c1ccccc1)c1ccccc1.[O]=[V]. The quantitative estimate of drug-likeness (QED) is 0.338. The van der Waals surface area contributed by atoms with Gasteiger partial charge in [-0.1, -0.05) is 97.1 Å². The molecule has 0 bridgehead atoms. The van der Waals surface area contributed by atoms with Crippen molar-refractivity contribution in [3.8, 4) is 0 Å². The van der Waals surface area contributed by atoms with Crippen LogP contribution in [0.25, 0.3) is 0 Å². The maximum absolute atomic E-state index is 9.83. The molecule has 0 amide bonds. The van der Waals surface area contributed by atoms with E-state index in [4.69, 9.17) is 13.7 Å². The van der Waals surface area contributed by atoms with Gasteiger partial charge < -0.3 is 10.2 Å². The molecular weight excluding hydrogens is 463 g/mol. The first-order valence-electron chi connectivity index (χ1n) is 10.6. The van der Waals surface area contributed by atoms with Crippen LogP contribution in [0.15, 0.2) is 119 Å². The molecule has 0 aliphatic rings. The summed E-state index contributed by atoms with van der Waals surface area (Å²) in [5.41, 5.74) is 6.04. The van der Waals surface area contributed by atoms with Gasteiger partial charge in [0.2, 0.25) is 0 Å².